The average molecular weight is 255 g/mol. The Bertz CT molecular complexity index is 401. The van der Waals surface area contributed by atoms with E-state index in [2.05, 4.69) is 10.3 Å². The van der Waals surface area contributed by atoms with Crippen LogP contribution >= 0.6 is 0 Å². The summed E-state index contributed by atoms with van der Waals surface area (Å²) in [5.74, 6) is -0.176. The molecule has 6 heteroatoms. The van der Waals surface area contributed by atoms with Crippen LogP contribution in [0.4, 0.5) is 0 Å². The zero-order valence-corrected chi connectivity index (χ0v) is 11.4. The number of rotatable bonds is 6. The van der Waals surface area contributed by atoms with E-state index in [1.54, 1.807) is 6.92 Å². The van der Waals surface area contributed by atoms with Gasteiger partial charge in [-0.25, -0.2) is 9.48 Å². The van der Waals surface area contributed by atoms with Crippen molar-refractivity contribution < 1.29 is 14.6 Å². The number of hydrogen-bond acceptors (Lipinski definition) is 5. The predicted molar refractivity (Wildman–Crippen MR) is 66.2 cm³/mol. The van der Waals surface area contributed by atoms with Crippen LogP contribution in [0.15, 0.2) is 0 Å². The maximum absolute atomic E-state index is 11.7. The van der Waals surface area contributed by atoms with Crippen molar-refractivity contribution in [2.75, 3.05) is 6.61 Å². The molecule has 0 bridgehead atoms. The molecule has 0 saturated heterocycles. The third kappa shape index (κ3) is 3.80. The fourth-order valence-electron chi connectivity index (χ4n) is 1.36. The molecule has 102 valence electrons. The highest BCUT2D eigenvalue weighted by Gasteiger charge is 2.19. The molecule has 6 nitrogen and oxygen atoms in total. The van der Waals surface area contributed by atoms with Crippen molar-refractivity contribution in [3.63, 3.8) is 0 Å². The number of ether oxygens (including phenoxy) is 1. The van der Waals surface area contributed by atoms with Gasteiger partial charge in [0.15, 0.2) is 5.69 Å². The Labute approximate surface area is 107 Å². The summed E-state index contributed by atoms with van der Waals surface area (Å²) in [4.78, 5) is 11.7. The van der Waals surface area contributed by atoms with Gasteiger partial charge >= 0.3 is 5.97 Å². The monoisotopic (exact) mass is 255 g/mol. The molecule has 0 aliphatic carbocycles. The summed E-state index contributed by atoms with van der Waals surface area (Å²) >= 11 is 0. The van der Waals surface area contributed by atoms with Crippen LogP contribution in [0.1, 0.15) is 43.4 Å². The SMILES string of the molecule is CCC(O)Cn1nnc(C(=O)OCC(C)C)c1C. The lowest BCUT2D eigenvalue weighted by atomic mass is 10.2. The highest BCUT2D eigenvalue weighted by atomic mass is 16.5. The Morgan fingerprint density at radius 3 is 2.72 bits per heavy atom. The molecule has 0 aliphatic rings. The summed E-state index contributed by atoms with van der Waals surface area (Å²) in [6.07, 6.45) is 0.150. The molecule has 1 heterocycles. The van der Waals surface area contributed by atoms with Gasteiger partial charge in [0.25, 0.3) is 0 Å². The first-order valence-electron chi connectivity index (χ1n) is 6.21. The maximum atomic E-state index is 11.7. The first-order valence-corrected chi connectivity index (χ1v) is 6.21. The van der Waals surface area contributed by atoms with Crippen molar-refractivity contribution in [3.8, 4) is 0 Å². The van der Waals surface area contributed by atoms with Crippen molar-refractivity contribution in [2.24, 2.45) is 5.92 Å². The standard InChI is InChI=1S/C12H21N3O3/c1-5-10(16)6-15-9(4)11(13-14-15)12(17)18-7-8(2)3/h8,10,16H,5-7H2,1-4H3. The highest BCUT2D eigenvalue weighted by molar-refractivity contribution is 5.88. The molecule has 1 aromatic rings. The van der Waals surface area contributed by atoms with Crippen LogP contribution in [0.5, 0.6) is 0 Å². The molecule has 1 rings (SSSR count). The van der Waals surface area contributed by atoms with Crippen LogP contribution in [0.25, 0.3) is 0 Å². The van der Waals surface area contributed by atoms with Crippen molar-refractivity contribution >= 4 is 5.97 Å². The minimum atomic E-state index is -0.482. The number of aliphatic hydroxyl groups is 1. The molecule has 0 radical (unpaired) electrons. The number of carbonyl (C=O) groups excluding carboxylic acids is 1. The minimum absolute atomic E-state index is 0.221. The van der Waals surface area contributed by atoms with Crippen molar-refractivity contribution in [1.82, 2.24) is 15.0 Å². The van der Waals surface area contributed by atoms with Gasteiger partial charge in [-0.2, -0.15) is 0 Å². The van der Waals surface area contributed by atoms with E-state index >= 15 is 0 Å². The second kappa shape index (κ2) is 6.49. The van der Waals surface area contributed by atoms with Gasteiger partial charge in [0.2, 0.25) is 0 Å². The molecule has 0 amide bonds. The van der Waals surface area contributed by atoms with Gasteiger partial charge in [-0.05, 0) is 19.3 Å². The summed E-state index contributed by atoms with van der Waals surface area (Å²) in [6.45, 7) is 8.27. The topological polar surface area (TPSA) is 77.2 Å². The molecular weight excluding hydrogens is 234 g/mol. The van der Waals surface area contributed by atoms with Crippen molar-refractivity contribution in [2.45, 2.75) is 46.8 Å². The molecular formula is C12H21N3O3. The van der Waals surface area contributed by atoms with Crippen LogP contribution < -0.4 is 0 Å². The largest absolute Gasteiger partial charge is 0.461 e. The number of esters is 1. The normalized spacial score (nSPS) is 12.8. The van der Waals surface area contributed by atoms with Crippen molar-refractivity contribution in [1.29, 1.82) is 0 Å². The fourth-order valence-corrected chi connectivity index (χ4v) is 1.36. The predicted octanol–water partition coefficient (Wildman–Crippen LogP) is 1.17. The molecule has 0 spiro atoms. The molecule has 0 aliphatic heterocycles. The van der Waals surface area contributed by atoms with Gasteiger partial charge < -0.3 is 9.84 Å². The molecule has 1 atom stereocenters. The van der Waals surface area contributed by atoms with E-state index in [9.17, 15) is 9.90 Å². The number of aliphatic hydroxyl groups excluding tert-OH is 1. The second-order valence-electron chi connectivity index (χ2n) is 4.76. The van der Waals surface area contributed by atoms with Gasteiger partial charge in [-0.3, -0.25) is 0 Å². The zero-order valence-electron chi connectivity index (χ0n) is 11.4. The third-order valence-electron chi connectivity index (χ3n) is 2.58. The van der Waals surface area contributed by atoms with Gasteiger partial charge in [-0.15, -0.1) is 5.10 Å². The summed E-state index contributed by atoms with van der Waals surface area (Å²) in [7, 11) is 0. The maximum Gasteiger partial charge on any atom is 0.360 e. The molecule has 1 unspecified atom stereocenters. The van der Waals surface area contributed by atoms with Crippen LogP contribution in [0.3, 0.4) is 0 Å². The second-order valence-corrected chi connectivity index (χ2v) is 4.76. The molecule has 0 aromatic carbocycles. The van der Waals surface area contributed by atoms with Crippen molar-refractivity contribution in [3.05, 3.63) is 11.4 Å². The summed E-state index contributed by atoms with van der Waals surface area (Å²) in [5, 5.41) is 17.2. The highest BCUT2D eigenvalue weighted by Crippen LogP contribution is 2.08. The Morgan fingerprint density at radius 2 is 2.17 bits per heavy atom. The number of carbonyl (C=O) groups is 1. The van der Waals surface area contributed by atoms with Gasteiger partial charge in [0, 0.05) is 0 Å². The van der Waals surface area contributed by atoms with Crippen LogP contribution in [-0.4, -0.2) is 38.8 Å². The van der Waals surface area contributed by atoms with Crippen LogP contribution in [-0.2, 0) is 11.3 Å². The van der Waals surface area contributed by atoms with Gasteiger partial charge in [0.1, 0.15) is 0 Å². The van der Waals surface area contributed by atoms with E-state index in [-0.39, 0.29) is 11.6 Å². The molecule has 0 fully saturated rings. The summed E-state index contributed by atoms with van der Waals surface area (Å²) in [6, 6.07) is 0. The first-order chi connectivity index (χ1) is 8.45. The Kier molecular flexibility index (Phi) is 5.27. The Hall–Kier alpha value is -1.43. The number of nitrogens with zero attached hydrogens (tertiary/aromatic N) is 3. The summed E-state index contributed by atoms with van der Waals surface area (Å²) in [5.41, 5.74) is 0.843. The smallest absolute Gasteiger partial charge is 0.360 e. The zero-order chi connectivity index (χ0) is 13.7. The van der Waals surface area contributed by atoms with E-state index in [0.29, 0.717) is 25.3 Å². The number of hydrogen-bond donors (Lipinski definition) is 1. The van der Waals surface area contributed by atoms with Crippen LogP contribution in [0, 0.1) is 12.8 Å². The van der Waals surface area contributed by atoms with E-state index in [1.807, 2.05) is 20.8 Å². The Balaban J connectivity index is 2.70. The van der Waals surface area contributed by atoms with E-state index in [4.69, 9.17) is 4.74 Å². The fraction of sp³-hybridized carbons (Fsp3) is 0.750. The van der Waals surface area contributed by atoms with E-state index < -0.39 is 12.1 Å². The quantitative estimate of drug-likeness (QED) is 0.772. The first kappa shape index (κ1) is 14.6. The van der Waals surface area contributed by atoms with Gasteiger partial charge in [0.05, 0.1) is 24.9 Å². The lowest BCUT2D eigenvalue weighted by Crippen LogP contribution is -2.17. The third-order valence-corrected chi connectivity index (χ3v) is 2.58. The minimum Gasteiger partial charge on any atom is -0.461 e. The Morgan fingerprint density at radius 1 is 1.50 bits per heavy atom. The molecule has 1 N–H and O–H groups in total. The molecule has 1 aromatic heterocycles. The van der Waals surface area contributed by atoms with E-state index in [0.717, 1.165) is 0 Å². The number of aromatic nitrogens is 3. The summed E-state index contributed by atoms with van der Waals surface area (Å²) < 4.78 is 6.63. The average Bonchev–Trinajstić information content (AvgIpc) is 2.68. The molecule has 18 heavy (non-hydrogen) atoms. The van der Waals surface area contributed by atoms with Gasteiger partial charge in [-0.1, -0.05) is 26.0 Å². The lowest BCUT2D eigenvalue weighted by Gasteiger charge is -2.09. The lowest BCUT2D eigenvalue weighted by molar-refractivity contribution is 0.0450. The van der Waals surface area contributed by atoms with E-state index in [1.165, 1.54) is 4.68 Å². The molecule has 0 saturated carbocycles. The van der Waals surface area contributed by atoms with Crippen LogP contribution in [0.2, 0.25) is 0 Å².